The molecular weight excluding hydrogens is 458 g/mol. The van der Waals surface area contributed by atoms with Gasteiger partial charge in [0, 0.05) is 35.3 Å². The van der Waals surface area contributed by atoms with Gasteiger partial charge in [-0.1, -0.05) is 26.0 Å². The van der Waals surface area contributed by atoms with E-state index in [0.717, 1.165) is 58.2 Å². The van der Waals surface area contributed by atoms with Gasteiger partial charge in [-0.2, -0.15) is 0 Å². The topological polar surface area (TPSA) is 79.4 Å². The van der Waals surface area contributed by atoms with E-state index in [2.05, 4.69) is 56.9 Å². The number of anilines is 2. The number of hydrogen-bond donors (Lipinski definition) is 2. The van der Waals surface area contributed by atoms with Crippen LogP contribution < -0.4 is 15.4 Å². The van der Waals surface area contributed by atoms with Crippen LogP contribution in [-0.4, -0.2) is 53.6 Å². The summed E-state index contributed by atoms with van der Waals surface area (Å²) in [5.74, 6) is 1.52. The average molecular weight is 490 g/mol. The molecule has 0 aliphatic heterocycles. The van der Waals surface area contributed by atoms with Gasteiger partial charge in [-0.25, -0.2) is 9.97 Å². The Balaban J connectivity index is 1.49. The number of hydrogen-bond acceptors (Lipinski definition) is 7. The summed E-state index contributed by atoms with van der Waals surface area (Å²) in [6.07, 6.45) is 1.57. The monoisotopic (exact) mass is 489 g/mol. The van der Waals surface area contributed by atoms with E-state index in [1.54, 1.807) is 17.7 Å². The Bertz CT molecular complexity index is 1250. The number of rotatable bonds is 11. The van der Waals surface area contributed by atoms with Gasteiger partial charge in [0.2, 0.25) is 0 Å². The second kappa shape index (κ2) is 11.8. The third-order valence-electron chi connectivity index (χ3n) is 5.86. The third-order valence-corrected chi connectivity index (χ3v) is 6.75. The van der Waals surface area contributed by atoms with Crippen molar-refractivity contribution < 1.29 is 9.53 Å². The summed E-state index contributed by atoms with van der Waals surface area (Å²) < 4.78 is 5.57. The molecule has 2 N–H and O–H groups in total. The van der Waals surface area contributed by atoms with Crippen LogP contribution in [0.5, 0.6) is 5.75 Å². The Labute approximate surface area is 210 Å². The van der Waals surface area contributed by atoms with E-state index in [9.17, 15) is 4.79 Å². The summed E-state index contributed by atoms with van der Waals surface area (Å²) in [5.41, 5.74) is 3.64. The Morgan fingerprint density at radius 1 is 1.00 bits per heavy atom. The molecule has 0 atom stereocenters. The number of amides is 1. The predicted molar refractivity (Wildman–Crippen MR) is 144 cm³/mol. The SMILES string of the molecule is CCOc1ccc(-c2csc3ncnc(Nc4ccc(C(=O)NCCN(CC)CC)cc4)c23)cc1. The highest BCUT2D eigenvalue weighted by molar-refractivity contribution is 7.17. The quantitative estimate of drug-likeness (QED) is 0.287. The number of ether oxygens (including phenoxy) is 1. The van der Waals surface area contributed by atoms with Crippen molar-refractivity contribution in [3.63, 3.8) is 0 Å². The lowest BCUT2D eigenvalue weighted by molar-refractivity contribution is 0.0949. The highest BCUT2D eigenvalue weighted by Gasteiger charge is 2.14. The van der Waals surface area contributed by atoms with Gasteiger partial charge in [0.15, 0.2) is 0 Å². The lowest BCUT2D eigenvalue weighted by Crippen LogP contribution is -2.34. The molecule has 4 rings (SSSR count). The number of nitrogens with zero attached hydrogens (tertiary/aromatic N) is 3. The molecule has 2 aromatic heterocycles. The van der Waals surface area contributed by atoms with Crippen LogP contribution in [0.15, 0.2) is 60.2 Å². The molecule has 2 heterocycles. The molecular formula is C27H31N5O2S. The third kappa shape index (κ3) is 5.96. The van der Waals surface area contributed by atoms with Crippen LogP contribution >= 0.6 is 11.3 Å². The van der Waals surface area contributed by atoms with E-state index >= 15 is 0 Å². The average Bonchev–Trinajstić information content (AvgIpc) is 3.33. The van der Waals surface area contributed by atoms with E-state index in [-0.39, 0.29) is 5.91 Å². The van der Waals surface area contributed by atoms with Gasteiger partial charge in [-0.15, -0.1) is 11.3 Å². The molecule has 4 aromatic rings. The molecule has 7 nitrogen and oxygen atoms in total. The van der Waals surface area contributed by atoms with Crippen molar-refractivity contribution in [2.45, 2.75) is 20.8 Å². The van der Waals surface area contributed by atoms with Crippen LogP contribution in [0.4, 0.5) is 11.5 Å². The Morgan fingerprint density at radius 3 is 2.43 bits per heavy atom. The first-order valence-electron chi connectivity index (χ1n) is 12.0. The van der Waals surface area contributed by atoms with Crippen LogP contribution in [0, 0.1) is 0 Å². The predicted octanol–water partition coefficient (Wildman–Crippen LogP) is 5.57. The van der Waals surface area contributed by atoms with Crippen molar-refractivity contribution in [1.82, 2.24) is 20.2 Å². The summed E-state index contributed by atoms with van der Waals surface area (Å²) in [4.78, 5) is 24.7. The van der Waals surface area contributed by atoms with Crippen molar-refractivity contribution in [2.75, 3.05) is 38.1 Å². The number of aromatic nitrogens is 2. The first-order valence-corrected chi connectivity index (χ1v) is 12.8. The number of carbonyl (C=O) groups is 1. The molecule has 0 bridgehead atoms. The fourth-order valence-electron chi connectivity index (χ4n) is 3.89. The molecule has 35 heavy (non-hydrogen) atoms. The minimum Gasteiger partial charge on any atom is -0.494 e. The van der Waals surface area contributed by atoms with Gasteiger partial charge < -0.3 is 20.3 Å². The van der Waals surface area contributed by atoms with Crippen LogP contribution in [-0.2, 0) is 0 Å². The molecule has 182 valence electrons. The van der Waals surface area contributed by atoms with E-state index in [1.807, 2.05) is 43.3 Å². The van der Waals surface area contributed by atoms with Gasteiger partial charge in [-0.3, -0.25) is 4.79 Å². The molecule has 8 heteroatoms. The number of likely N-dealkylation sites (N-methyl/N-ethyl adjacent to an activating group) is 1. The summed E-state index contributed by atoms with van der Waals surface area (Å²) in [6.45, 7) is 10.3. The molecule has 0 saturated heterocycles. The maximum absolute atomic E-state index is 12.5. The van der Waals surface area contributed by atoms with Gasteiger partial charge >= 0.3 is 0 Å². The number of fused-ring (bicyclic) bond motifs is 1. The fourth-order valence-corrected chi connectivity index (χ4v) is 4.81. The summed E-state index contributed by atoms with van der Waals surface area (Å²) in [5, 5.41) is 9.48. The van der Waals surface area contributed by atoms with Crippen molar-refractivity contribution >= 4 is 39.0 Å². The van der Waals surface area contributed by atoms with Crippen LogP contribution in [0.1, 0.15) is 31.1 Å². The second-order valence-corrected chi connectivity index (χ2v) is 8.85. The van der Waals surface area contributed by atoms with Crippen molar-refractivity contribution in [2.24, 2.45) is 0 Å². The summed E-state index contributed by atoms with van der Waals surface area (Å²) in [6, 6.07) is 15.5. The van der Waals surface area contributed by atoms with Crippen molar-refractivity contribution in [3.05, 3.63) is 65.8 Å². The zero-order valence-electron chi connectivity index (χ0n) is 20.4. The van der Waals surface area contributed by atoms with E-state index in [1.165, 1.54) is 0 Å². The minimum absolute atomic E-state index is 0.0660. The van der Waals surface area contributed by atoms with Gasteiger partial charge in [0.25, 0.3) is 5.91 Å². The zero-order chi connectivity index (χ0) is 24.6. The van der Waals surface area contributed by atoms with Crippen LogP contribution in [0.3, 0.4) is 0 Å². The van der Waals surface area contributed by atoms with E-state index in [0.29, 0.717) is 18.7 Å². The first-order chi connectivity index (χ1) is 17.1. The molecule has 0 aliphatic carbocycles. The number of thiophene rings is 1. The Morgan fingerprint density at radius 2 is 1.74 bits per heavy atom. The van der Waals surface area contributed by atoms with Gasteiger partial charge in [0.05, 0.1) is 12.0 Å². The minimum atomic E-state index is -0.0660. The van der Waals surface area contributed by atoms with Crippen LogP contribution in [0.2, 0.25) is 0 Å². The van der Waals surface area contributed by atoms with Crippen molar-refractivity contribution in [1.29, 1.82) is 0 Å². The second-order valence-electron chi connectivity index (χ2n) is 7.99. The number of carbonyl (C=O) groups excluding carboxylic acids is 1. The molecule has 2 aromatic carbocycles. The lowest BCUT2D eigenvalue weighted by atomic mass is 10.1. The molecule has 1 amide bonds. The summed E-state index contributed by atoms with van der Waals surface area (Å²) in [7, 11) is 0. The Hall–Kier alpha value is -3.49. The van der Waals surface area contributed by atoms with Crippen molar-refractivity contribution in [3.8, 4) is 16.9 Å². The van der Waals surface area contributed by atoms with Crippen LogP contribution in [0.25, 0.3) is 21.3 Å². The van der Waals surface area contributed by atoms with E-state index in [4.69, 9.17) is 4.74 Å². The first kappa shape index (κ1) is 24.6. The fraction of sp³-hybridized carbons (Fsp3) is 0.296. The molecule has 0 unspecified atom stereocenters. The molecule has 0 aliphatic rings. The molecule has 0 spiro atoms. The van der Waals surface area contributed by atoms with Gasteiger partial charge in [-0.05, 0) is 62.0 Å². The zero-order valence-corrected chi connectivity index (χ0v) is 21.2. The maximum Gasteiger partial charge on any atom is 0.251 e. The summed E-state index contributed by atoms with van der Waals surface area (Å²) >= 11 is 1.59. The highest BCUT2D eigenvalue weighted by atomic mass is 32.1. The lowest BCUT2D eigenvalue weighted by Gasteiger charge is -2.18. The van der Waals surface area contributed by atoms with Gasteiger partial charge in [0.1, 0.15) is 22.7 Å². The van der Waals surface area contributed by atoms with E-state index < -0.39 is 0 Å². The number of nitrogens with one attached hydrogen (secondary N) is 2. The largest absolute Gasteiger partial charge is 0.494 e. The normalized spacial score (nSPS) is 11.1. The highest BCUT2D eigenvalue weighted by Crippen LogP contribution is 2.37. The Kier molecular flexibility index (Phi) is 8.28. The molecule has 0 fully saturated rings. The molecule has 0 saturated carbocycles. The molecule has 0 radical (unpaired) electrons. The maximum atomic E-state index is 12.5. The number of benzene rings is 2. The standard InChI is InChI=1S/C27H31N5O2S/c1-4-32(5-2)16-15-28-26(33)20-7-11-21(12-8-20)31-25-24-23(17-35-27(24)30-18-29-25)19-9-13-22(14-10-19)34-6-3/h7-14,17-18H,4-6,15-16H2,1-3H3,(H,28,33)(H,29,30,31). The smallest absolute Gasteiger partial charge is 0.251 e.